The Bertz CT molecular complexity index is 1830. The number of H-pyrrole nitrogens is 1. The minimum atomic E-state index is 0.492. The first-order valence-corrected chi connectivity index (χ1v) is 16.7. The number of aromatic amines is 1. The molecule has 2 aromatic carbocycles. The molecule has 2 bridgehead atoms. The van der Waals surface area contributed by atoms with E-state index in [1.54, 1.807) is 0 Å². The van der Waals surface area contributed by atoms with E-state index in [4.69, 9.17) is 24.5 Å². The molecule has 0 amide bonds. The van der Waals surface area contributed by atoms with Gasteiger partial charge in [-0.1, -0.05) is 48.5 Å². The predicted octanol–water partition coefficient (Wildman–Crippen LogP) is 6.97. The molecule has 2 unspecified atom stereocenters. The number of benzene rings is 2. The fraction of sp³-hybridized carbons (Fsp3) is 0.395. The zero-order chi connectivity index (χ0) is 29.7. The molecule has 3 fully saturated rings. The second-order valence-electron chi connectivity index (χ2n) is 13.3. The van der Waals surface area contributed by atoms with Crippen LogP contribution in [-0.4, -0.2) is 69.6 Å². The van der Waals surface area contributed by atoms with Gasteiger partial charge in [-0.2, -0.15) is 5.10 Å². The van der Waals surface area contributed by atoms with Crippen molar-refractivity contribution in [1.29, 1.82) is 0 Å². The van der Waals surface area contributed by atoms with Gasteiger partial charge in [-0.3, -0.25) is 15.0 Å². The van der Waals surface area contributed by atoms with Gasteiger partial charge in [0.15, 0.2) is 5.65 Å². The first-order valence-electron chi connectivity index (χ1n) is 16.7. The van der Waals surface area contributed by atoms with Crippen LogP contribution >= 0.6 is 0 Å². The summed E-state index contributed by atoms with van der Waals surface area (Å²) in [5.74, 6) is 0.492. The van der Waals surface area contributed by atoms with Crippen molar-refractivity contribution in [2.24, 2.45) is 0 Å². The highest BCUT2D eigenvalue weighted by Crippen LogP contribution is 2.39. The van der Waals surface area contributed by atoms with Crippen LogP contribution in [0.15, 0.2) is 73.1 Å². The van der Waals surface area contributed by atoms with Crippen molar-refractivity contribution in [3.05, 3.63) is 89.7 Å². The van der Waals surface area contributed by atoms with Crippen molar-refractivity contribution in [2.75, 3.05) is 26.4 Å². The topological polar surface area (TPSA) is 76.2 Å². The second kappa shape index (κ2) is 11.5. The van der Waals surface area contributed by atoms with Gasteiger partial charge in [0.05, 0.1) is 18.9 Å². The Hall–Kier alpha value is -3.91. The van der Waals surface area contributed by atoms with Gasteiger partial charge in [-0.25, -0.2) is 4.98 Å². The number of pyridine rings is 2. The zero-order valence-corrected chi connectivity index (χ0v) is 25.6. The van der Waals surface area contributed by atoms with Crippen LogP contribution in [0.2, 0.25) is 0 Å². The lowest BCUT2D eigenvalue weighted by molar-refractivity contribution is -0.148. The molecule has 1 aliphatic carbocycles. The maximum absolute atomic E-state index is 5.76. The lowest BCUT2D eigenvalue weighted by Crippen LogP contribution is -2.66. The van der Waals surface area contributed by atoms with Crippen LogP contribution in [0, 0.1) is 0 Å². The Morgan fingerprint density at radius 2 is 1.44 bits per heavy atom. The highest BCUT2D eigenvalue weighted by atomic mass is 16.5. The minimum Gasteiger partial charge on any atom is -0.381 e. The van der Waals surface area contributed by atoms with Crippen molar-refractivity contribution in [3.63, 3.8) is 0 Å². The number of morpholine rings is 1. The zero-order valence-electron chi connectivity index (χ0n) is 25.6. The SMILES string of the molecule is c1cnc(-c2ccc(-c3n[nH]c4ncc(-c5ccc6c(c5)CC[C@@H](N5C7COCC5C7)CC6)cc34)cc2)c(C2CCOCC2)c1. The normalized spacial score (nSPS) is 23.8. The molecule has 7 heteroatoms. The summed E-state index contributed by atoms with van der Waals surface area (Å²) in [4.78, 5) is 12.4. The molecule has 9 rings (SSSR count). The van der Waals surface area contributed by atoms with E-state index in [1.807, 2.05) is 12.4 Å². The van der Waals surface area contributed by atoms with Crippen molar-refractivity contribution in [1.82, 2.24) is 25.1 Å². The molecule has 228 valence electrons. The van der Waals surface area contributed by atoms with Gasteiger partial charge in [-0.05, 0) is 85.3 Å². The molecular formula is C38H39N5O2. The van der Waals surface area contributed by atoms with Crippen molar-refractivity contribution >= 4 is 11.0 Å². The van der Waals surface area contributed by atoms with Gasteiger partial charge in [0, 0.05) is 65.8 Å². The van der Waals surface area contributed by atoms with E-state index in [1.165, 1.54) is 41.5 Å². The molecule has 6 heterocycles. The third-order valence-electron chi connectivity index (χ3n) is 10.8. The third kappa shape index (κ3) is 4.98. The quantitative estimate of drug-likeness (QED) is 0.221. The Labute approximate surface area is 264 Å². The standard InChI is InChI=1S/C38H39N5O2/c1-2-34(25-13-16-44-17-14-25)36(39-15-1)26-4-6-27(7-5-26)37-35-19-30(21-40-38(35)42-41-37)29-8-3-24-9-11-31(12-10-28(24)18-29)43-32-20-33(43)23-45-22-32/h1-8,15,18-19,21,25,31-33H,9-14,16-17,20,22-23H2,(H,40,41,42)/t31-,32?,33?/m0/s1. The summed E-state index contributed by atoms with van der Waals surface area (Å²) in [7, 11) is 0. The average molecular weight is 598 g/mol. The van der Waals surface area contributed by atoms with Gasteiger partial charge in [0.1, 0.15) is 5.69 Å². The van der Waals surface area contributed by atoms with E-state index in [0.717, 1.165) is 91.2 Å². The lowest BCUT2D eigenvalue weighted by atomic mass is 9.87. The van der Waals surface area contributed by atoms with Crippen LogP contribution < -0.4 is 0 Å². The highest BCUT2D eigenvalue weighted by molar-refractivity contribution is 5.93. The molecule has 3 saturated heterocycles. The van der Waals surface area contributed by atoms with Crippen LogP contribution in [0.25, 0.3) is 44.7 Å². The number of rotatable bonds is 5. The van der Waals surface area contributed by atoms with E-state index in [-0.39, 0.29) is 0 Å². The molecule has 3 aliphatic heterocycles. The summed E-state index contributed by atoms with van der Waals surface area (Å²) in [6.45, 7) is 3.48. The number of aromatic nitrogens is 4. The van der Waals surface area contributed by atoms with Gasteiger partial charge in [-0.15, -0.1) is 0 Å². The van der Waals surface area contributed by atoms with Crippen LogP contribution in [0.3, 0.4) is 0 Å². The molecule has 1 N–H and O–H groups in total. The monoisotopic (exact) mass is 597 g/mol. The number of hydrogen-bond donors (Lipinski definition) is 1. The number of hydrogen-bond acceptors (Lipinski definition) is 6. The lowest BCUT2D eigenvalue weighted by Gasteiger charge is -2.56. The first-order chi connectivity index (χ1) is 22.3. The summed E-state index contributed by atoms with van der Waals surface area (Å²) in [6, 6.07) is 24.2. The van der Waals surface area contributed by atoms with Gasteiger partial charge in [0.25, 0.3) is 0 Å². The number of fused-ring (bicyclic) bond motifs is 4. The second-order valence-corrected chi connectivity index (χ2v) is 13.3. The molecule has 0 radical (unpaired) electrons. The molecule has 0 spiro atoms. The number of aryl methyl sites for hydroxylation is 2. The Morgan fingerprint density at radius 3 is 2.24 bits per heavy atom. The maximum Gasteiger partial charge on any atom is 0.155 e. The predicted molar refractivity (Wildman–Crippen MR) is 176 cm³/mol. The van der Waals surface area contributed by atoms with E-state index < -0.39 is 0 Å². The molecule has 3 aromatic heterocycles. The summed E-state index contributed by atoms with van der Waals surface area (Å²) >= 11 is 0. The molecule has 0 saturated carbocycles. The Kier molecular flexibility index (Phi) is 6.98. The number of ether oxygens (including phenoxy) is 2. The number of nitrogens with zero attached hydrogens (tertiary/aromatic N) is 4. The molecule has 4 aliphatic rings. The van der Waals surface area contributed by atoms with Gasteiger partial charge in [0.2, 0.25) is 0 Å². The highest BCUT2D eigenvalue weighted by Gasteiger charge is 2.45. The molecule has 3 atom stereocenters. The molecule has 7 nitrogen and oxygen atoms in total. The van der Waals surface area contributed by atoms with E-state index >= 15 is 0 Å². The summed E-state index contributed by atoms with van der Waals surface area (Å²) in [6.07, 6.45) is 12.1. The Balaban J connectivity index is 0.973. The Morgan fingerprint density at radius 1 is 0.689 bits per heavy atom. The van der Waals surface area contributed by atoms with E-state index in [0.29, 0.717) is 24.0 Å². The minimum absolute atomic E-state index is 0.492. The van der Waals surface area contributed by atoms with Crippen LogP contribution in [0.1, 0.15) is 54.7 Å². The van der Waals surface area contributed by atoms with E-state index in [9.17, 15) is 0 Å². The third-order valence-corrected chi connectivity index (χ3v) is 10.8. The summed E-state index contributed by atoms with van der Waals surface area (Å²) < 4.78 is 11.4. The van der Waals surface area contributed by atoms with Crippen LogP contribution in [0.4, 0.5) is 0 Å². The summed E-state index contributed by atoms with van der Waals surface area (Å²) in [5, 5.41) is 8.92. The molecule has 5 aromatic rings. The van der Waals surface area contributed by atoms with Crippen molar-refractivity contribution < 1.29 is 9.47 Å². The number of nitrogens with one attached hydrogen (secondary N) is 1. The van der Waals surface area contributed by atoms with Crippen molar-refractivity contribution in [2.45, 2.75) is 69.0 Å². The van der Waals surface area contributed by atoms with Gasteiger partial charge >= 0.3 is 0 Å². The van der Waals surface area contributed by atoms with E-state index in [2.05, 4.69) is 70.7 Å². The molecule has 45 heavy (non-hydrogen) atoms. The van der Waals surface area contributed by atoms with Gasteiger partial charge < -0.3 is 9.47 Å². The average Bonchev–Trinajstić information content (AvgIpc) is 3.43. The largest absolute Gasteiger partial charge is 0.381 e. The van der Waals surface area contributed by atoms with Crippen molar-refractivity contribution in [3.8, 4) is 33.6 Å². The molecular weight excluding hydrogens is 558 g/mol. The smallest absolute Gasteiger partial charge is 0.155 e. The fourth-order valence-electron chi connectivity index (χ4n) is 8.40. The maximum atomic E-state index is 5.76. The van der Waals surface area contributed by atoms with Crippen LogP contribution in [-0.2, 0) is 22.3 Å². The fourth-order valence-corrected chi connectivity index (χ4v) is 8.40. The first kappa shape index (κ1) is 27.4. The van der Waals surface area contributed by atoms with Crippen LogP contribution in [0.5, 0.6) is 0 Å². The summed E-state index contributed by atoms with van der Waals surface area (Å²) in [5.41, 5.74) is 11.7.